The van der Waals surface area contributed by atoms with Crippen LogP contribution in [0.5, 0.6) is 0 Å². The molecule has 0 saturated carbocycles. The highest BCUT2D eigenvalue weighted by Crippen LogP contribution is 2.20. The third-order valence-electron chi connectivity index (χ3n) is 3.29. The van der Waals surface area contributed by atoms with Gasteiger partial charge in [-0.15, -0.1) is 0 Å². The van der Waals surface area contributed by atoms with E-state index in [2.05, 4.69) is 20.8 Å². The van der Waals surface area contributed by atoms with Crippen LogP contribution >= 0.6 is 27.7 Å². The second kappa shape index (κ2) is 7.53. The van der Waals surface area contributed by atoms with Gasteiger partial charge in [0.2, 0.25) is 0 Å². The first kappa shape index (κ1) is 14.4. The van der Waals surface area contributed by atoms with Crippen molar-refractivity contribution in [3.8, 4) is 0 Å². The topological polar surface area (TPSA) is 23.5 Å². The Kier molecular flexibility index (Phi) is 6.02. The maximum absolute atomic E-state index is 10.2. The van der Waals surface area contributed by atoms with Crippen molar-refractivity contribution in [2.45, 2.75) is 18.9 Å². The molecule has 1 aliphatic heterocycles. The van der Waals surface area contributed by atoms with Crippen molar-refractivity contribution in [2.24, 2.45) is 0 Å². The van der Waals surface area contributed by atoms with E-state index in [-0.39, 0.29) is 6.10 Å². The number of aliphatic hydroxyl groups is 1. The molecule has 0 bridgehead atoms. The van der Waals surface area contributed by atoms with Crippen molar-refractivity contribution in [1.29, 1.82) is 0 Å². The van der Waals surface area contributed by atoms with E-state index in [4.69, 9.17) is 0 Å². The van der Waals surface area contributed by atoms with Crippen LogP contribution in [0.4, 0.5) is 0 Å². The van der Waals surface area contributed by atoms with Crippen molar-refractivity contribution < 1.29 is 5.11 Å². The molecule has 1 heterocycles. The third kappa shape index (κ3) is 4.57. The number of halogens is 1. The molecule has 0 amide bonds. The van der Waals surface area contributed by atoms with Gasteiger partial charge in [-0.3, -0.25) is 0 Å². The van der Waals surface area contributed by atoms with E-state index in [0.717, 1.165) is 29.5 Å². The predicted molar refractivity (Wildman–Crippen MR) is 82.1 cm³/mol. The maximum Gasteiger partial charge on any atom is 0.0802 e. The summed E-state index contributed by atoms with van der Waals surface area (Å²) in [7, 11) is 0. The first-order valence-electron chi connectivity index (χ1n) is 6.49. The number of hydrogen-bond acceptors (Lipinski definition) is 3. The van der Waals surface area contributed by atoms with Gasteiger partial charge >= 0.3 is 0 Å². The predicted octanol–water partition coefficient (Wildman–Crippen LogP) is 3.31. The molecule has 1 unspecified atom stereocenters. The average molecular weight is 330 g/mol. The van der Waals surface area contributed by atoms with Crippen LogP contribution in [0.3, 0.4) is 0 Å². The fourth-order valence-corrected chi connectivity index (χ4v) is 3.37. The molecule has 1 fully saturated rings. The van der Waals surface area contributed by atoms with E-state index in [9.17, 15) is 5.11 Å². The van der Waals surface area contributed by atoms with E-state index in [1.54, 1.807) is 0 Å². The molecular weight excluding hydrogens is 310 g/mol. The van der Waals surface area contributed by atoms with Crippen molar-refractivity contribution in [2.75, 3.05) is 31.1 Å². The van der Waals surface area contributed by atoms with E-state index in [1.807, 2.05) is 36.0 Å². The summed E-state index contributed by atoms with van der Waals surface area (Å²) in [6.07, 6.45) is 1.76. The van der Waals surface area contributed by atoms with E-state index < -0.39 is 0 Å². The highest BCUT2D eigenvalue weighted by molar-refractivity contribution is 9.10. The average Bonchev–Trinajstić information content (AvgIpc) is 2.65. The van der Waals surface area contributed by atoms with Crippen LogP contribution in [0.1, 0.15) is 24.5 Å². The Labute approximate surface area is 122 Å². The molecule has 0 spiro atoms. The minimum Gasteiger partial charge on any atom is -0.388 e. The summed E-state index contributed by atoms with van der Waals surface area (Å²) in [5, 5.41) is 10.2. The number of rotatable bonds is 4. The summed E-state index contributed by atoms with van der Waals surface area (Å²) in [6, 6.07) is 7.96. The Morgan fingerprint density at radius 3 is 2.78 bits per heavy atom. The standard InChI is InChI=1S/C14H20BrNOS/c15-13-4-2-12(3-5-13)14(17)6-8-16-7-1-10-18-11-9-16/h2-5,14,17H,1,6-11H2. The number of thioether (sulfide) groups is 1. The number of aliphatic hydroxyl groups excluding tert-OH is 1. The summed E-state index contributed by atoms with van der Waals surface area (Å²) < 4.78 is 1.06. The molecule has 1 saturated heterocycles. The zero-order valence-corrected chi connectivity index (χ0v) is 12.9. The van der Waals surface area contributed by atoms with Gasteiger partial charge < -0.3 is 10.0 Å². The summed E-state index contributed by atoms with van der Waals surface area (Å²) in [5.41, 5.74) is 1.02. The van der Waals surface area contributed by atoms with Crippen molar-refractivity contribution in [3.05, 3.63) is 34.3 Å². The lowest BCUT2D eigenvalue weighted by Gasteiger charge is -2.21. The highest BCUT2D eigenvalue weighted by Gasteiger charge is 2.12. The number of benzene rings is 1. The van der Waals surface area contributed by atoms with Gasteiger partial charge in [0.25, 0.3) is 0 Å². The van der Waals surface area contributed by atoms with E-state index >= 15 is 0 Å². The summed E-state index contributed by atoms with van der Waals surface area (Å²) in [5.74, 6) is 2.51. The van der Waals surface area contributed by atoms with Crippen LogP contribution in [0, 0.1) is 0 Å². The molecule has 1 aromatic carbocycles. The number of nitrogens with zero attached hydrogens (tertiary/aromatic N) is 1. The Balaban J connectivity index is 1.80. The first-order chi connectivity index (χ1) is 8.75. The van der Waals surface area contributed by atoms with Crippen LogP contribution in [0.2, 0.25) is 0 Å². The van der Waals surface area contributed by atoms with Gasteiger partial charge in [0.1, 0.15) is 0 Å². The minimum atomic E-state index is -0.339. The maximum atomic E-state index is 10.2. The molecule has 0 aliphatic carbocycles. The molecule has 2 nitrogen and oxygen atoms in total. The molecule has 100 valence electrons. The lowest BCUT2D eigenvalue weighted by Crippen LogP contribution is -2.28. The quantitative estimate of drug-likeness (QED) is 0.916. The Morgan fingerprint density at radius 1 is 1.22 bits per heavy atom. The monoisotopic (exact) mass is 329 g/mol. The Morgan fingerprint density at radius 2 is 2.00 bits per heavy atom. The van der Waals surface area contributed by atoms with Gasteiger partial charge in [-0.1, -0.05) is 28.1 Å². The smallest absolute Gasteiger partial charge is 0.0802 e. The zero-order chi connectivity index (χ0) is 12.8. The van der Waals surface area contributed by atoms with Gasteiger partial charge in [0, 0.05) is 23.3 Å². The molecule has 4 heteroatoms. The van der Waals surface area contributed by atoms with Gasteiger partial charge in [0.05, 0.1) is 6.10 Å². The van der Waals surface area contributed by atoms with E-state index in [1.165, 1.54) is 24.5 Å². The molecule has 2 rings (SSSR count). The SMILES string of the molecule is OC(CCN1CCCSCC1)c1ccc(Br)cc1. The van der Waals surface area contributed by atoms with E-state index in [0.29, 0.717) is 0 Å². The van der Waals surface area contributed by atoms with Gasteiger partial charge in [0.15, 0.2) is 0 Å². The summed E-state index contributed by atoms with van der Waals surface area (Å²) in [4.78, 5) is 2.47. The third-order valence-corrected chi connectivity index (χ3v) is 4.87. The minimum absolute atomic E-state index is 0.339. The second-order valence-electron chi connectivity index (χ2n) is 4.66. The summed E-state index contributed by atoms with van der Waals surface area (Å²) in [6.45, 7) is 3.34. The van der Waals surface area contributed by atoms with Crippen molar-refractivity contribution in [3.63, 3.8) is 0 Å². The first-order valence-corrected chi connectivity index (χ1v) is 8.44. The fraction of sp³-hybridized carbons (Fsp3) is 0.571. The van der Waals surface area contributed by atoms with Crippen molar-refractivity contribution >= 4 is 27.7 Å². The molecule has 1 atom stereocenters. The molecule has 0 aromatic heterocycles. The lowest BCUT2D eigenvalue weighted by molar-refractivity contribution is 0.144. The van der Waals surface area contributed by atoms with Crippen LogP contribution in [-0.4, -0.2) is 41.1 Å². The Bertz CT molecular complexity index is 349. The van der Waals surface area contributed by atoms with Crippen LogP contribution in [0.15, 0.2) is 28.7 Å². The van der Waals surface area contributed by atoms with Gasteiger partial charge in [-0.2, -0.15) is 11.8 Å². The van der Waals surface area contributed by atoms with Gasteiger partial charge in [-0.05, 0) is 42.8 Å². The lowest BCUT2D eigenvalue weighted by atomic mass is 10.1. The molecular formula is C14H20BrNOS. The normalized spacial score (nSPS) is 19.4. The molecule has 0 radical (unpaired) electrons. The molecule has 18 heavy (non-hydrogen) atoms. The molecule has 1 N–H and O–H groups in total. The highest BCUT2D eigenvalue weighted by atomic mass is 79.9. The number of hydrogen-bond donors (Lipinski definition) is 1. The molecule has 1 aromatic rings. The van der Waals surface area contributed by atoms with Crippen LogP contribution in [0.25, 0.3) is 0 Å². The van der Waals surface area contributed by atoms with Crippen LogP contribution in [-0.2, 0) is 0 Å². The van der Waals surface area contributed by atoms with Crippen LogP contribution < -0.4 is 0 Å². The van der Waals surface area contributed by atoms with Gasteiger partial charge in [-0.25, -0.2) is 0 Å². The Hall–Kier alpha value is -0.0300. The largest absolute Gasteiger partial charge is 0.388 e. The second-order valence-corrected chi connectivity index (χ2v) is 6.80. The summed E-state index contributed by atoms with van der Waals surface area (Å²) >= 11 is 5.45. The van der Waals surface area contributed by atoms with Crippen molar-refractivity contribution in [1.82, 2.24) is 4.90 Å². The molecule has 1 aliphatic rings. The fourth-order valence-electron chi connectivity index (χ4n) is 2.18. The zero-order valence-electron chi connectivity index (χ0n) is 10.5.